The third kappa shape index (κ3) is 6.19. The summed E-state index contributed by atoms with van der Waals surface area (Å²) in [5, 5.41) is 11.3. The molecule has 8 heteroatoms. The zero-order valence-corrected chi connectivity index (χ0v) is 12.7. The summed E-state index contributed by atoms with van der Waals surface area (Å²) in [7, 11) is 0. The van der Waals surface area contributed by atoms with Gasteiger partial charge >= 0.3 is 6.18 Å². The van der Waals surface area contributed by atoms with Crippen LogP contribution in [0.25, 0.3) is 0 Å². The molecule has 124 valence electrons. The predicted molar refractivity (Wildman–Crippen MR) is 72.8 cm³/mol. The van der Waals surface area contributed by atoms with Crippen LogP contribution in [-0.4, -0.2) is 77.9 Å². The van der Waals surface area contributed by atoms with Gasteiger partial charge in [0.25, 0.3) is 0 Å². The monoisotopic (exact) mass is 311 g/mol. The van der Waals surface area contributed by atoms with Crippen LogP contribution in [0.4, 0.5) is 13.2 Å². The van der Waals surface area contributed by atoms with E-state index in [9.17, 15) is 23.1 Å². The molecule has 0 aliphatic carbocycles. The molecule has 0 radical (unpaired) electrons. The van der Waals surface area contributed by atoms with Crippen LogP contribution in [0, 0.1) is 0 Å². The highest BCUT2D eigenvalue weighted by Gasteiger charge is 2.32. The Labute approximate surface area is 123 Å². The fourth-order valence-electron chi connectivity index (χ4n) is 2.49. The number of amides is 1. The Morgan fingerprint density at radius 3 is 2.48 bits per heavy atom. The first-order valence-electron chi connectivity index (χ1n) is 7.10. The van der Waals surface area contributed by atoms with Crippen LogP contribution < -0.4 is 5.32 Å². The number of carbonyl (C=O) groups excluding carboxylic acids is 1. The Balaban J connectivity index is 2.46. The van der Waals surface area contributed by atoms with E-state index < -0.39 is 30.8 Å². The third-order valence-corrected chi connectivity index (χ3v) is 3.69. The molecule has 0 aromatic rings. The molecule has 5 nitrogen and oxygen atoms in total. The van der Waals surface area contributed by atoms with Crippen molar-refractivity contribution in [2.45, 2.75) is 45.1 Å². The summed E-state index contributed by atoms with van der Waals surface area (Å²) in [5.74, 6) is -0.608. The largest absolute Gasteiger partial charge is 0.405 e. The maximum atomic E-state index is 12.1. The van der Waals surface area contributed by atoms with Crippen molar-refractivity contribution in [3.05, 3.63) is 0 Å². The number of nitrogens with one attached hydrogen (secondary N) is 1. The molecule has 3 atom stereocenters. The average Bonchev–Trinajstić information content (AvgIpc) is 2.36. The van der Waals surface area contributed by atoms with Gasteiger partial charge in [-0.25, -0.2) is 0 Å². The quantitative estimate of drug-likeness (QED) is 0.774. The van der Waals surface area contributed by atoms with Gasteiger partial charge in [0.2, 0.25) is 5.91 Å². The molecule has 0 aromatic heterocycles. The van der Waals surface area contributed by atoms with Gasteiger partial charge < -0.3 is 10.4 Å². The molecule has 21 heavy (non-hydrogen) atoms. The van der Waals surface area contributed by atoms with Gasteiger partial charge in [-0.3, -0.25) is 14.6 Å². The Bertz CT molecular complexity index is 350. The fourth-order valence-corrected chi connectivity index (χ4v) is 2.49. The lowest BCUT2D eigenvalue weighted by atomic mass is 10.1. The van der Waals surface area contributed by atoms with Gasteiger partial charge in [-0.1, -0.05) is 0 Å². The summed E-state index contributed by atoms with van der Waals surface area (Å²) in [5.41, 5.74) is 0. The summed E-state index contributed by atoms with van der Waals surface area (Å²) < 4.78 is 36.3. The van der Waals surface area contributed by atoms with Crippen LogP contribution in [0.5, 0.6) is 0 Å². The molecule has 1 saturated heterocycles. The summed E-state index contributed by atoms with van der Waals surface area (Å²) in [6, 6.07) is -0.449. The number of halogens is 3. The molecule has 0 spiro atoms. The Morgan fingerprint density at radius 1 is 1.38 bits per heavy atom. The standard InChI is InChI=1S/C13H24F3N3O2/c1-9-6-19(5-4-18(9)7-10(2)20)11(3)12(21)17-8-13(14,15)16/h9-11,20H,4-8H2,1-3H3,(H,17,21)/t9-,10-,11-/m0/s1. The molecule has 1 rings (SSSR count). The zero-order valence-electron chi connectivity index (χ0n) is 12.7. The van der Waals surface area contributed by atoms with Crippen LogP contribution in [0.1, 0.15) is 20.8 Å². The highest BCUT2D eigenvalue weighted by atomic mass is 19.4. The fraction of sp³-hybridized carbons (Fsp3) is 0.923. The number of carbonyl (C=O) groups is 1. The molecule has 1 heterocycles. The van der Waals surface area contributed by atoms with Gasteiger partial charge in [0, 0.05) is 32.2 Å². The second kappa shape index (κ2) is 7.42. The second-order valence-corrected chi connectivity index (χ2v) is 5.70. The van der Waals surface area contributed by atoms with Crippen LogP contribution in [0.3, 0.4) is 0 Å². The van der Waals surface area contributed by atoms with E-state index in [0.29, 0.717) is 26.2 Å². The lowest BCUT2D eigenvalue weighted by molar-refractivity contribution is -0.142. The lowest BCUT2D eigenvalue weighted by Crippen LogP contribution is -2.58. The van der Waals surface area contributed by atoms with Gasteiger partial charge in [0.05, 0.1) is 12.1 Å². The van der Waals surface area contributed by atoms with E-state index in [0.717, 1.165) is 0 Å². The molecule has 0 saturated carbocycles. The maximum absolute atomic E-state index is 12.1. The van der Waals surface area contributed by atoms with Crippen molar-refractivity contribution in [1.29, 1.82) is 0 Å². The Hall–Kier alpha value is -0.860. The molecule has 1 aliphatic heterocycles. The number of β-amino-alcohol motifs (C(OH)–C–C–N with tert-alkyl or cyclic N) is 1. The number of rotatable bonds is 5. The molecular formula is C13H24F3N3O2. The van der Waals surface area contributed by atoms with E-state index in [4.69, 9.17) is 0 Å². The number of aliphatic hydroxyl groups is 1. The molecule has 1 amide bonds. The van der Waals surface area contributed by atoms with Gasteiger partial charge in [0.1, 0.15) is 6.54 Å². The van der Waals surface area contributed by atoms with Crippen molar-refractivity contribution in [1.82, 2.24) is 15.1 Å². The number of hydrogen-bond acceptors (Lipinski definition) is 4. The molecule has 0 aromatic carbocycles. The minimum Gasteiger partial charge on any atom is -0.392 e. The van der Waals surface area contributed by atoms with E-state index in [1.54, 1.807) is 13.8 Å². The number of piperazine rings is 1. The molecule has 0 unspecified atom stereocenters. The average molecular weight is 311 g/mol. The number of hydrogen-bond donors (Lipinski definition) is 2. The molecular weight excluding hydrogens is 287 g/mol. The van der Waals surface area contributed by atoms with Crippen molar-refractivity contribution >= 4 is 5.91 Å². The van der Waals surface area contributed by atoms with Gasteiger partial charge in [-0.2, -0.15) is 13.2 Å². The minimum absolute atomic E-state index is 0.145. The van der Waals surface area contributed by atoms with Crippen molar-refractivity contribution in [2.24, 2.45) is 0 Å². The first-order valence-corrected chi connectivity index (χ1v) is 7.10. The van der Waals surface area contributed by atoms with E-state index in [-0.39, 0.29) is 6.04 Å². The second-order valence-electron chi connectivity index (χ2n) is 5.70. The summed E-state index contributed by atoms with van der Waals surface area (Å²) in [6.07, 6.45) is -4.81. The Morgan fingerprint density at radius 2 is 2.00 bits per heavy atom. The van der Waals surface area contributed by atoms with E-state index in [2.05, 4.69) is 4.90 Å². The maximum Gasteiger partial charge on any atom is 0.405 e. The van der Waals surface area contributed by atoms with Gasteiger partial charge in [-0.05, 0) is 20.8 Å². The topological polar surface area (TPSA) is 55.8 Å². The normalized spacial score (nSPS) is 24.6. The van der Waals surface area contributed by atoms with Gasteiger partial charge in [-0.15, -0.1) is 0 Å². The van der Waals surface area contributed by atoms with Crippen molar-refractivity contribution < 1.29 is 23.1 Å². The number of nitrogens with zero attached hydrogens (tertiary/aromatic N) is 2. The van der Waals surface area contributed by atoms with E-state index >= 15 is 0 Å². The molecule has 2 N–H and O–H groups in total. The lowest BCUT2D eigenvalue weighted by Gasteiger charge is -2.42. The van der Waals surface area contributed by atoms with Gasteiger partial charge in [0.15, 0.2) is 0 Å². The van der Waals surface area contributed by atoms with Crippen molar-refractivity contribution in [3.63, 3.8) is 0 Å². The highest BCUT2D eigenvalue weighted by Crippen LogP contribution is 2.15. The Kier molecular flexibility index (Phi) is 6.42. The third-order valence-electron chi connectivity index (χ3n) is 3.69. The molecule has 1 aliphatic rings. The first kappa shape index (κ1) is 18.2. The summed E-state index contributed by atoms with van der Waals surface area (Å²) >= 11 is 0. The molecule has 0 bridgehead atoms. The van der Waals surface area contributed by atoms with Crippen LogP contribution in [0.15, 0.2) is 0 Å². The van der Waals surface area contributed by atoms with E-state index in [1.807, 2.05) is 17.1 Å². The first-order chi connectivity index (χ1) is 9.60. The van der Waals surface area contributed by atoms with E-state index in [1.165, 1.54) is 0 Å². The van der Waals surface area contributed by atoms with Crippen molar-refractivity contribution in [2.75, 3.05) is 32.7 Å². The van der Waals surface area contributed by atoms with Crippen LogP contribution in [-0.2, 0) is 4.79 Å². The summed E-state index contributed by atoms with van der Waals surface area (Å²) in [6.45, 7) is 6.44. The zero-order chi connectivity index (χ0) is 16.2. The SMILES string of the molecule is C[C@H](O)CN1CCN([C@@H](C)C(=O)NCC(F)(F)F)C[C@@H]1C. The van der Waals surface area contributed by atoms with Crippen LogP contribution in [0.2, 0.25) is 0 Å². The molecule has 1 fully saturated rings. The number of alkyl halides is 3. The smallest absolute Gasteiger partial charge is 0.392 e. The highest BCUT2D eigenvalue weighted by molar-refractivity contribution is 5.81. The minimum atomic E-state index is -4.39. The predicted octanol–water partition coefficient (Wildman–Crippen LogP) is 0.440. The van der Waals surface area contributed by atoms with Crippen LogP contribution >= 0.6 is 0 Å². The van der Waals surface area contributed by atoms with Crippen molar-refractivity contribution in [3.8, 4) is 0 Å². The number of aliphatic hydroxyl groups excluding tert-OH is 1. The summed E-state index contributed by atoms with van der Waals surface area (Å²) in [4.78, 5) is 15.7.